The Morgan fingerprint density at radius 3 is 2.47 bits per heavy atom. The van der Waals surface area contributed by atoms with Gasteiger partial charge in [0.1, 0.15) is 0 Å². The summed E-state index contributed by atoms with van der Waals surface area (Å²) in [6.07, 6.45) is 5.44. The van der Waals surface area contributed by atoms with Crippen molar-refractivity contribution < 1.29 is 4.79 Å². The molecular formula is C12H24N2O. The zero-order chi connectivity index (χ0) is 11.1. The van der Waals surface area contributed by atoms with E-state index in [1.54, 1.807) is 0 Å². The number of hydrogen-bond donors (Lipinski definition) is 1. The van der Waals surface area contributed by atoms with E-state index in [0.29, 0.717) is 6.54 Å². The number of likely N-dealkylation sites (N-methyl/N-ethyl adjacent to an activating group) is 1. The van der Waals surface area contributed by atoms with Crippen molar-refractivity contribution in [2.45, 2.75) is 39.5 Å². The highest BCUT2D eigenvalue weighted by Crippen LogP contribution is 2.28. The van der Waals surface area contributed by atoms with Crippen LogP contribution in [0, 0.1) is 5.92 Å². The van der Waals surface area contributed by atoms with Gasteiger partial charge in [-0.05, 0) is 32.7 Å². The van der Waals surface area contributed by atoms with Crippen LogP contribution < -0.4 is 5.32 Å². The molecule has 1 N–H and O–H groups in total. The normalized spacial score (nSPS) is 16.1. The molecule has 0 heterocycles. The standard InChI is InChI=1S/C12H24N2O/c1-3-14(4-2)12(15)10-13-9-8-11-6-5-7-11/h11,13H,3-10H2,1-2H3. The van der Waals surface area contributed by atoms with Gasteiger partial charge in [0.05, 0.1) is 6.54 Å². The smallest absolute Gasteiger partial charge is 0.236 e. The predicted molar refractivity (Wildman–Crippen MR) is 62.8 cm³/mol. The molecule has 88 valence electrons. The second-order valence-corrected chi connectivity index (χ2v) is 4.33. The minimum absolute atomic E-state index is 0.230. The van der Waals surface area contributed by atoms with E-state index in [1.807, 2.05) is 18.7 Å². The van der Waals surface area contributed by atoms with E-state index in [9.17, 15) is 4.79 Å². The van der Waals surface area contributed by atoms with E-state index < -0.39 is 0 Å². The van der Waals surface area contributed by atoms with Crippen molar-refractivity contribution in [1.82, 2.24) is 10.2 Å². The highest BCUT2D eigenvalue weighted by atomic mass is 16.2. The molecule has 1 aliphatic carbocycles. The average Bonchev–Trinajstić information content (AvgIpc) is 2.16. The molecule has 3 nitrogen and oxygen atoms in total. The Kier molecular flexibility index (Phi) is 5.69. The van der Waals surface area contributed by atoms with Gasteiger partial charge in [0.25, 0.3) is 0 Å². The van der Waals surface area contributed by atoms with Crippen LogP contribution in [-0.4, -0.2) is 37.0 Å². The van der Waals surface area contributed by atoms with E-state index >= 15 is 0 Å². The molecule has 1 amide bonds. The molecule has 0 radical (unpaired) electrons. The van der Waals surface area contributed by atoms with Gasteiger partial charge in [-0.15, -0.1) is 0 Å². The lowest BCUT2D eigenvalue weighted by molar-refractivity contribution is -0.129. The Morgan fingerprint density at radius 2 is 2.00 bits per heavy atom. The van der Waals surface area contributed by atoms with Crippen LogP contribution in [0.4, 0.5) is 0 Å². The van der Waals surface area contributed by atoms with Gasteiger partial charge in [0, 0.05) is 13.1 Å². The first-order valence-electron chi connectivity index (χ1n) is 6.26. The Morgan fingerprint density at radius 1 is 1.33 bits per heavy atom. The fourth-order valence-corrected chi connectivity index (χ4v) is 1.97. The van der Waals surface area contributed by atoms with Crippen molar-refractivity contribution in [3.8, 4) is 0 Å². The SMILES string of the molecule is CCN(CC)C(=O)CNCCC1CCC1. The molecule has 1 fully saturated rings. The highest BCUT2D eigenvalue weighted by molar-refractivity contribution is 5.78. The van der Waals surface area contributed by atoms with Crippen molar-refractivity contribution in [2.24, 2.45) is 5.92 Å². The maximum absolute atomic E-state index is 11.6. The first kappa shape index (κ1) is 12.5. The maximum atomic E-state index is 11.6. The van der Waals surface area contributed by atoms with Crippen LogP contribution >= 0.6 is 0 Å². The molecule has 1 aliphatic rings. The summed E-state index contributed by atoms with van der Waals surface area (Å²) in [5.41, 5.74) is 0. The number of amides is 1. The van der Waals surface area contributed by atoms with Crippen LogP contribution in [0.1, 0.15) is 39.5 Å². The van der Waals surface area contributed by atoms with Crippen LogP contribution in [0.3, 0.4) is 0 Å². The van der Waals surface area contributed by atoms with Gasteiger partial charge in [-0.2, -0.15) is 0 Å². The minimum atomic E-state index is 0.230. The van der Waals surface area contributed by atoms with Crippen molar-refractivity contribution in [2.75, 3.05) is 26.2 Å². The van der Waals surface area contributed by atoms with Gasteiger partial charge in [-0.25, -0.2) is 0 Å². The van der Waals surface area contributed by atoms with Crippen molar-refractivity contribution >= 4 is 5.91 Å². The molecule has 0 saturated heterocycles. The molecule has 1 rings (SSSR count). The van der Waals surface area contributed by atoms with Gasteiger partial charge in [-0.3, -0.25) is 4.79 Å². The van der Waals surface area contributed by atoms with Gasteiger partial charge < -0.3 is 10.2 Å². The molecule has 0 atom stereocenters. The third-order valence-electron chi connectivity index (χ3n) is 3.35. The van der Waals surface area contributed by atoms with Crippen molar-refractivity contribution in [1.29, 1.82) is 0 Å². The van der Waals surface area contributed by atoms with Gasteiger partial charge in [-0.1, -0.05) is 19.3 Å². The molecule has 0 aromatic heterocycles. The molecule has 0 aliphatic heterocycles. The monoisotopic (exact) mass is 212 g/mol. The number of rotatable bonds is 7. The number of nitrogens with one attached hydrogen (secondary N) is 1. The summed E-state index contributed by atoms with van der Waals surface area (Å²) in [7, 11) is 0. The maximum Gasteiger partial charge on any atom is 0.236 e. The Bertz CT molecular complexity index is 186. The summed E-state index contributed by atoms with van der Waals surface area (Å²) in [6.45, 7) is 7.19. The summed E-state index contributed by atoms with van der Waals surface area (Å²) in [6, 6.07) is 0. The molecular weight excluding hydrogens is 188 g/mol. The molecule has 0 aromatic carbocycles. The van der Waals surface area contributed by atoms with Crippen molar-refractivity contribution in [3.63, 3.8) is 0 Å². The molecule has 0 bridgehead atoms. The van der Waals surface area contributed by atoms with E-state index in [4.69, 9.17) is 0 Å². The largest absolute Gasteiger partial charge is 0.342 e. The third-order valence-corrected chi connectivity index (χ3v) is 3.35. The summed E-state index contributed by atoms with van der Waals surface area (Å²) in [4.78, 5) is 13.5. The lowest BCUT2D eigenvalue weighted by atomic mass is 9.83. The van der Waals surface area contributed by atoms with Crippen LogP contribution in [0.25, 0.3) is 0 Å². The molecule has 15 heavy (non-hydrogen) atoms. The molecule has 0 unspecified atom stereocenters. The van der Waals surface area contributed by atoms with Gasteiger partial charge in [0.2, 0.25) is 5.91 Å². The lowest BCUT2D eigenvalue weighted by Gasteiger charge is -2.25. The summed E-state index contributed by atoms with van der Waals surface area (Å²) < 4.78 is 0. The fourth-order valence-electron chi connectivity index (χ4n) is 1.97. The van der Waals surface area contributed by atoms with Gasteiger partial charge in [0.15, 0.2) is 0 Å². The first-order valence-corrected chi connectivity index (χ1v) is 6.26. The molecule has 0 spiro atoms. The number of hydrogen-bond acceptors (Lipinski definition) is 2. The van der Waals surface area contributed by atoms with Gasteiger partial charge >= 0.3 is 0 Å². The predicted octanol–water partition coefficient (Wildman–Crippen LogP) is 1.63. The van der Waals surface area contributed by atoms with Crippen LogP contribution in [-0.2, 0) is 4.79 Å². The van der Waals surface area contributed by atoms with E-state index in [2.05, 4.69) is 5.32 Å². The van der Waals surface area contributed by atoms with Crippen LogP contribution in [0.2, 0.25) is 0 Å². The lowest BCUT2D eigenvalue weighted by Crippen LogP contribution is -2.38. The second kappa shape index (κ2) is 6.83. The van der Waals surface area contributed by atoms with Crippen LogP contribution in [0.15, 0.2) is 0 Å². The van der Waals surface area contributed by atoms with E-state index in [1.165, 1.54) is 25.7 Å². The number of carbonyl (C=O) groups excluding carboxylic acids is 1. The molecule has 0 aromatic rings. The zero-order valence-electron chi connectivity index (χ0n) is 10.1. The Hall–Kier alpha value is -0.570. The Balaban J connectivity index is 2.00. The van der Waals surface area contributed by atoms with Crippen molar-refractivity contribution in [3.05, 3.63) is 0 Å². The third kappa shape index (κ3) is 4.20. The first-order chi connectivity index (χ1) is 7.27. The summed E-state index contributed by atoms with van der Waals surface area (Å²) in [5.74, 6) is 1.16. The van der Waals surface area contributed by atoms with Crippen LogP contribution in [0.5, 0.6) is 0 Å². The van der Waals surface area contributed by atoms with E-state index in [-0.39, 0.29) is 5.91 Å². The highest BCUT2D eigenvalue weighted by Gasteiger charge is 2.16. The molecule has 3 heteroatoms. The number of nitrogens with zero attached hydrogens (tertiary/aromatic N) is 1. The topological polar surface area (TPSA) is 32.3 Å². The quantitative estimate of drug-likeness (QED) is 0.651. The second-order valence-electron chi connectivity index (χ2n) is 4.33. The zero-order valence-corrected chi connectivity index (χ0v) is 10.1. The summed E-state index contributed by atoms with van der Waals surface area (Å²) in [5, 5.41) is 3.24. The Labute approximate surface area is 93.2 Å². The average molecular weight is 212 g/mol. The number of carbonyl (C=O) groups is 1. The summed E-state index contributed by atoms with van der Waals surface area (Å²) >= 11 is 0. The molecule has 1 saturated carbocycles. The van der Waals surface area contributed by atoms with E-state index in [0.717, 1.165) is 25.6 Å². The minimum Gasteiger partial charge on any atom is -0.342 e. The fraction of sp³-hybridized carbons (Fsp3) is 0.917.